The van der Waals surface area contributed by atoms with Crippen molar-refractivity contribution in [1.82, 2.24) is 5.32 Å². The van der Waals surface area contributed by atoms with E-state index in [4.69, 9.17) is 21.9 Å². The van der Waals surface area contributed by atoms with Crippen LogP contribution in [0.3, 0.4) is 0 Å². The zero-order valence-corrected chi connectivity index (χ0v) is 11.5. The number of nitrogens with two attached hydrogens (primary N) is 3. The number of nitrogens with one attached hydrogen (secondary N) is 1. The predicted molar refractivity (Wildman–Crippen MR) is 73.5 cm³/mol. The first-order valence-electron chi connectivity index (χ1n) is 6.69. The van der Waals surface area contributed by atoms with E-state index in [-0.39, 0.29) is 24.8 Å². The summed E-state index contributed by atoms with van der Waals surface area (Å²) < 4.78 is 4.73. The van der Waals surface area contributed by atoms with Gasteiger partial charge in [-0.1, -0.05) is 0 Å². The number of hydrogen-bond acceptors (Lipinski definition) is 10. The van der Waals surface area contributed by atoms with Crippen molar-refractivity contribution in [2.45, 2.75) is 35.9 Å². The Labute approximate surface area is 124 Å². The van der Waals surface area contributed by atoms with Crippen LogP contribution in [0.5, 0.6) is 0 Å². The maximum absolute atomic E-state index is 10.8. The molecule has 0 aromatic carbocycles. The fourth-order valence-corrected chi connectivity index (χ4v) is 3.67. The summed E-state index contributed by atoms with van der Waals surface area (Å²) >= 11 is 0. The van der Waals surface area contributed by atoms with Gasteiger partial charge in [0.2, 0.25) is 5.79 Å². The van der Waals surface area contributed by atoms with Gasteiger partial charge in [0.25, 0.3) is 0 Å². The SMILES string of the molecule is NC(=O)OC[C@@H]1N=C(N)C2C[C@H](O)C(O)(O)C23NC(N)=N[C@@H]13. The van der Waals surface area contributed by atoms with Gasteiger partial charge in [0.05, 0.1) is 0 Å². The van der Waals surface area contributed by atoms with Crippen LogP contribution in [0.4, 0.5) is 4.79 Å². The quantitative estimate of drug-likeness (QED) is 0.249. The molecule has 1 spiro atoms. The van der Waals surface area contributed by atoms with Crippen LogP contribution in [0, 0.1) is 5.92 Å². The molecule has 22 heavy (non-hydrogen) atoms. The number of primary amides is 1. The lowest BCUT2D eigenvalue weighted by atomic mass is 9.72. The molecule has 2 aliphatic heterocycles. The van der Waals surface area contributed by atoms with Crippen molar-refractivity contribution in [1.29, 1.82) is 0 Å². The maximum Gasteiger partial charge on any atom is 0.404 e. The average Bonchev–Trinajstić information content (AvgIpc) is 2.86. The minimum Gasteiger partial charge on any atom is -0.447 e. The molecule has 0 bridgehead atoms. The van der Waals surface area contributed by atoms with E-state index in [9.17, 15) is 20.1 Å². The van der Waals surface area contributed by atoms with Gasteiger partial charge < -0.3 is 42.6 Å². The molecule has 1 aliphatic carbocycles. The second-order valence-corrected chi connectivity index (χ2v) is 5.73. The van der Waals surface area contributed by atoms with Gasteiger partial charge in [-0.05, 0) is 6.42 Å². The Hall–Kier alpha value is -2.11. The molecule has 10 N–H and O–H groups in total. The van der Waals surface area contributed by atoms with E-state index in [2.05, 4.69) is 15.3 Å². The van der Waals surface area contributed by atoms with Crippen molar-refractivity contribution in [3.05, 3.63) is 0 Å². The van der Waals surface area contributed by atoms with E-state index in [1.54, 1.807) is 0 Å². The summed E-state index contributed by atoms with van der Waals surface area (Å²) in [5.41, 5.74) is 15.0. The Morgan fingerprint density at radius 3 is 2.73 bits per heavy atom. The first-order chi connectivity index (χ1) is 10.2. The molecule has 1 fully saturated rings. The molecular formula is C11H18N6O5. The Morgan fingerprint density at radius 2 is 2.09 bits per heavy atom. The van der Waals surface area contributed by atoms with Crippen molar-refractivity contribution in [3.8, 4) is 0 Å². The van der Waals surface area contributed by atoms with Crippen LogP contribution in [-0.2, 0) is 4.74 Å². The number of rotatable bonds is 2. The number of ether oxygens (including phenoxy) is 1. The van der Waals surface area contributed by atoms with Gasteiger partial charge in [-0.25, -0.2) is 9.79 Å². The molecule has 0 saturated heterocycles. The van der Waals surface area contributed by atoms with Gasteiger partial charge in [-0.2, -0.15) is 0 Å². The van der Waals surface area contributed by atoms with Crippen molar-refractivity contribution >= 4 is 17.9 Å². The summed E-state index contributed by atoms with van der Waals surface area (Å²) in [4.78, 5) is 19.1. The highest BCUT2D eigenvalue weighted by atomic mass is 16.5. The molecule has 0 aromatic rings. The first kappa shape index (κ1) is 14.8. The van der Waals surface area contributed by atoms with Gasteiger partial charge in [0.1, 0.15) is 36.2 Å². The van der Waals surface area contributed by atoms with Crippen LogP contribution in [0.15, 0.2) is 9.98 Å². The molecule has 2 unspecified atom stereocenters. The average molecular weight is 314 g/mol. The maximum atomic E-state index is 10.8. The fraction of sp³-hybridized carbons (Fsp3) is 0.727. The first-order valence-corrected chi connectivity index (χ1v) is 6.69. The molecule has 0 radical (unpaired) electrons. The van der Waals surface area contributed by atoms with E-state index in [1.165, 1.54) is 0 Å². The largest absolute Gasteiger partial charge is 0.447 e. The summed E-state index contributed by atoms with van der Waals surface area (Å²) in [5, 5.41) is 33.6. The highest BCUT2D eigenvalue weighted by Crippen LogP contribution is 2.50. The Bertz CT molecular complexity index is 577. The number of hydrogen-bond donors (Lipinski definition) is 7. The highest BCUT2D eigenvalue weighted by molar-refractivity contribution is 5.91. The summed E-state index contributed by atoms with van der Waals surface area (Å²) in [6.45, 7) is -0.250. The summed E-state index contributed by atoms with van der Waals surface area (Å²) in [6.07, 6.45) is -2.48. The van der Waals surface area contributed by atoms with Crippen LogP contribution in [0.2, 0.25) is 0 Å². The summed E-state index contributed by atoms with van der Waals surface area (Å²) in [5.74, 6) is -3.16. The van der Waals surface area contributed by atoms with Crippen LogP contribution >= 0.6 is 0 Å². The van der Waals surface area contributed by atoms with Gasteiger partial charge in [-0.3, -0.25) is 4.99 Å². The molecule has 11 nitrogen and oxygen atoms in total. The number of nitrogens with zero attached hydrogens (tertiary/aromatic N) is 2. The number of amides is 1. The van der Waals surface area contributed by atoms with Crippen LogP contribution in [-0.4, -0.2) is 69.3 Å². The number of aliphatic hydroxyl groups is 3. The van der Waals surface area contributed by atoms with Gasteiger partial charge in [0, 0.05) is 5.92 Å². The smallest absolute Gasteiger partial charge is 0.404 e. The lowest BCUT2D eigenvalue weighted by Crippen LogP contribution is -2.74. The zero-order valence-electron chi connectivity index (χ0n) is 11.5. The topological polar surface area (TPSA) is 202 Å². The molecule has 3 rings (SSSR count). The van der Waals surface area contributed by atoms with E-state index >= 15 is 0 Å². The monoisotopic (exact) mass is 314 g/mol. The highest BCUT2D eigenvalue weighted by Gasteiger charge is 2.73. The number of carbonyl (C=O) groups excluding carboxylic acids is 1. The third-order valence-corrected chi connectivity index (χ3v) is 4.59. The molecule has 3 aliphatic rings. The third kappa shape index (κ3) is 1.69. The van der Waals surface area contributed by atoms with Gasteiger partial charge in [-0.15, -0.1) is 0 Å². The van der Waals surface area contributed by atoms with E-state index < -0.39 is 41.5 Å². The molecule has 1 saturated carbocycles. The van der Waals surface area contributed by atoms with Crippen molar-refractivity contribution in [2.75, 3.05) is 6.61 Å². The van der Waals surface area contributed by atoms with E-state index in [0.717, 1.165) is 0 Å². The number of amidine groups is 1. The fourth-order valence-electron chi connectivity index (χ4n) is 3.67. The van der Waals surface area contributed by atoms with Crippen LogP contribution in [0.1, 0.15) is 6.42 Å². The van der Waals surface area contributed by atoms with Crippen molar-refractivity contribution < 1.29 is 24.9 Å². The minimum absolute atomic E-state index is 0.0158. The minimum atomic E-state index is -2.53. The zero-order chi connectivity index (χ0) is 16.3. The number of guanidine groups is 1. The standard InChI is InChI=1S/C11H18N6O5/c12-7-3-1-5(18)11(20,21)10(3)6(16-8(13)17-10)4(15-7)2-22-9(14)19/h3-6,18,20-21H,1-2H2,(H2,12,15)(H2,14,19)(H3,13,16,17)/t3?,4-,5-,6-,10?/m0/s1. The van der Waals surface area contributed by atoms with Crippen LogP contribution < -0.4 is 22.5 Å². The lowest BCUT2D eigenvalue weighted by Gasteiger charge is -2.47. The Balaban J connectivity index is 2.04. The summed E-state index contributed by atoms with van der Waals surface area (Å²) in [6, 6.07) is -1.68. The second kappa shape index (κ2) is 4.44. The molecule has 122 valence electrons. The molecule has 0 aromatic heterocycles. The van der Waals surface area contributed by atoms with Crippen LogP contribution in [0.25, 0.3) is 0 Å². The van der Waals surface area contributed by atoms with E-state index in [1.807, 2.05) is 0 Å². The van der Waals surface area contributed by atoms with E-state index in [0.29, 0.717) is 0 Å². The predicted octanol–water partition coefficient (Wildman–Crippen LogP) is -4.09. The molecule has 1 amide bonds. The molecule has 2 heterocycles. The van der Waals surface area contributed by atoms with Crippen molar-refractivity contribution in [3.63, 3.8) is 0 Å². The molecular weight excluding hydrogens is 296 g/mol. The lowest BCUT2D eigenvalue weighted by molar-refractivity contribution is -0.250. The van der Waals surface area contributed by atoms with Gasteiger partial charge in [0.15, 0.2) is 5.96 Å². The number of aliphatic imine (C=N–C) groups is 2. The third-order valence-electron chi connectivity index (χ3n) is 4.59. The molecule has 5 atom stereocenters. The number of carbonyl (C=O) groups is 1. The molecule has 11 heteroatoms. The second-order valence-electron chi connectivity index (χ2n) is 5.73. The van der Waals surface area contributed by atoms with Crippen molar-refractivity contribution in [2.24, 2.45) is 33.1 Å². The Morgan fingerprint density at radius 1 is 1.41 bits per heavy atom. The normalized spacial score (nSPS) is 41.8. The summed E-state index contributed by atoms with van der Waals surface area (Å²) in [7, 11) is 0. The van der Waals surface area contributed by atoms with Gasteiger partial charge >= 0.3 is 6.09 Å². The number of aliphatic hydroxyl groups excluding tert-OH is 1. The Kier molecular flexibility index (Phi) is 2.99.